The van der Waals surface area contributed by atoms with Crippen LogP contribution >= 0.6 is 0 Å². The molecule has 0 aliphatic carbocycles. The lowest BCUT2D eigenvalue weighted by Gasteiger charge is -2.11. The van der Waals surface area contributed by atoms with Crippen molar-refractivity contribution in [1.29, 1.82) is 0 Å². The SMILES string of the molecule is CCCC(CCC)c1nc2nccc(C(=O)O)c2[nH]1. The van der Waals surface area contributed by atoms with Crippen LogP contribution in [0.2, 0.25) is 0 Å². The van der Waals surface area contributed by atoms with Crippen molar-refractivity contribution in [3.8, 4) is 0 Å². The first-order chi connectivity index (χ1) is 9.17. The second-order valence-electron chi connectivity index (χ2n) is 4.76. The predicted molar refractivity (Wildman–Crippen MR) is 73.4 cm³/mol. The maximum Gasteiger partial charge on any atom is 0.338 e. The van der Waals surface area contributed by atoms with Crippen molar-refractivity contribution in [2.24, 2.45) is 0 Å². The first kappa shape index (κ1) is 13.5. The zero-order chi connectivity index (χ0) is 13.8. The number of aromatic nitrogens is 3. The summed E-state index contributed by atoms with van der Waals surface area (Å²) in [5.74, 6) is 0.260. The van der Waals surface area contributed by atoms with Gasteiger partial charge in [-0.2, -0.15) is 0 Å². The highest BCUT2D eigenvalue weighted by atomic mass is 16.4. The van der Waals surface area contributed by atoms with Crippen LogP contribution in [0.3, 0.4) is 0 Å². The molecule has 0 fully saturated rings. The second-order valence-corrected chi connectivity index (χ2v) is 4.76. The van der Waals surface area contributed by atoms with Crippen LogP contribution in [0.25, 0.3) is 11.2 Å². The molecule has 0 saturated carbocycles. The van der Waals surface area contributed by atoms with Gasteiger partial charge in [-0.3, -0.25) is 0 Å². The molecule has 0 saturated heterocycles. The Bertz CT molecular complexity index is 571. The fourth-order valence-electron chi connectivity index (χ4n) is 2.42. The Hall–Kier alpha value is -1.91. The molecule has 19 heavy (non-hydrogen) atoms. The van der Waals surface area contributed by atoms with Gasteiger partial charge in [0.05, 0.1) is 11.1 Å². The van der Waals surface area contributed by atoms with Gasteiger partial charge in [0.2, 0.25) is 0 Å². The van der Waals surface area contributed by atoms with Crippen molar-refractivity contribution in [2.75, 3.05) is 0 Å². The number of carbonyl (C=O) groups is 1. The van der Waals surface area contributed by atoms with Crippen LogP contribution in [0, 0.1) is 0 Å². The molecular weight excluding hydrogens is 242 g/mol. The van der Waals surface area contributed by atoms with Crippen LogP contribution in [0.1, 0.15) is 61.6 Å². The average Bonchev–Trinajstić information content (AvgIpc) is 2.81. The van der Waals surface area contributed by atoms with Gasteiger partial charge in [-0.25, -0.2) is 14.8 Å². The molecule has 0 atom stereocenters. The van der Waals surface area contributed by atoms with Gasteiger partial charge in [-0.15, -0.1) is 0 Å². The van der Waals surface area contributed by atoms with E-state index >= 15 is 0 Å². The van der Waals surface area contributed by atoms with E-state index in [2.05, 4.69) is 28.8 Å². The molecule has 0 aromatic carbocycles. The minimum atomic E-state index is -0.954. The first-order valence-corrected chi connectivity index (χ1v) is 6.75. The number of aromatic amines is 1. The fraction of sp³-hybridized carbons (Fsp3) is 0.500. The summed E-state index contributed by atoms with van der Waals surface area (Å²) in [7, 11) is 0. The van der Waals surface area contributed by atoms with E-state index < -0.39 is 5.97 Å². The van der Waals surface area contributed by atoms with Crippen LogP contribution in [0.4, 0.5) is 0 Å². The Balaban J connectivity index is 2.45. The molecular formula is C14H19N3O2. The molecule has 2 heterocycles. The minimum absolute atomic E-state index is 0.232. The van der Waals surface area contributed by atoms with Crippen molar-refractivity contribution in [3.63, 3.8) is 0 Å². The van der Waals surface area contributed by atoms with Crippen LogP contribution in [-0.2, 0) is 0 Å². The normalized spacial score (nSPS) is 11.3. The van der Waals surface area contributed by atoms with Crippen LogP contribution < -0.4 is 0 Å². The summed E-state index contributed by atoms with van der Waals surface area (Å²) in [5, 5.41) is 9.16. The maximum absolute atomic E-state index is 11.2. The Labute approximate surface area is 112 Å². The van der Waals surface area contributed by atoms with Crippen molar-refractivity contribution < 1.29 is 9.90 Å². The highest BCUT2D eigenvalue weighted by Crippen LogP contribution is 2.26. The number of fused-ring (bicyclic) bond motifs is 1. The smallest absolute Gasteiger partial charge is 0.338 e. The highest BCUT2D eigenvalue weighted by Gasteiger charge is 2.18. The molecule has 0 amide bonds. The molecule has 2 N–H and O–H groups in total. The van der Waals surface area contributed by atoms with Crippen molar-refractivity contribution >= 4 is 17.1 Å². The standard InChI is InChI=1S/C14H19N3O2/c1-3-5-9(6-4-2)12-16-11-10(14(18)19)7-8-15-13(11)17-12/h7-9H,3-6H2,1-2H3,(H,18,19)(H,15,16,17). The molecule has 0 bridgehead atoms. The van der Waals surface area contributed by atoms with Gasteiger partial charge in [-0.05, 0) is 18.9 Å². The van der Waals surface area contributed by atoms with E-state index in [0.29, 0.717) is 17.1 Å². The Kier molecular flexibility index (Phi) is 4.14. The summed E-state index contributed by atoms with van der Waals surface area (Å²) in [5.41, 5.74) is 1.25. The summed E-state index contributed by atoms with van der Waals surface area (Å²) < 4.78 is 0. The minimum Gasteiger partial charge on any atom is -0.478 e. The molecule has 5 heteroatoms. The van der Waals surface area contributed by atoms with E-state index in [1.807, 2.05) is 0 Å². The third-order valence-corrected chi connectivity index (χ3v) is 3.30. The number of hydrogen-bond acceptors (Lipinski definition) is 3. The monoisotopic (exact) mass is 261 g/mol. The first-order valence-electron chi connectivity index (χ1n) is 6.75. The Morgan fingerprint density at radius 2 is 2.05 bits per heavy atom. The maximum atomic E-state index is 11.2. The number of nitrogens with zero attached hydrogens (tertiary/aromatic N) is 2. The van der Waals surface area contributed by atoms with Gasteiger partial charge in [0, 0.05) is 12.1 Å². The van der Waals surface area contributed by atoms with Crippen molar-refractivity contribution in [3.05, 3.63) is 23.7 Å². The van der Waals surface area contributed by atoms with Crippen molar-refractivity contribution in [2.45, 2.75) is 45.4 Å². The number of imidazole rings is 1. The molecule has 102 valence electrons. The lowest BCUT2D eigenvalue weighted by molar-refractivity contribution is 0.0698. The summed E-state index contributed by atoms with van der Waals surface area (Å²) in [6.45, 7) is 4.29. The van der Waals surface area contributed by atoms with Gasteiger partial charge >= 0.3 is 5.97 Å². The summed E-state index contributed by atoms with van der Waals surface area (Å²) >= 11 is 0. The molecule has 2 rings (SSSR count). The Morgan fingerprint density at radius 1 is 1.37 bits per heavy atom. The number of aromatic carboxylic acids is 1. The summed E-state index contributed by atoms with van der Waals surface area (Å²) in [6.07, 6.45) is 5.76. The average molecular weight is 261 g/mol. The number of hydrogen-bond donors (Lipinski definition) is 2. The molecule has 0 spiro atoms. The molecule has 0 radical (unpaired) electrons. The van der Waals surface area contributed by atoms with Crippen molar-refractivity contribution in [1.82, 2.24) is 15.0 Å². The van der Waals surface area contributed by atoms with E-state index in [9.17, 15) is 4.79 Å². The van der Waals surface area contributed by atoms with Crippen LogP contribution in [0.15, 0.2) is 12.3 Å². The van der Waals surface area contributed by atoms with Crippen LogP contribution in [0.5, 0.6) is 0 Å². The molecule has 0 unspecified atom stereocenters. The quantitative estimate of drug-likeness (QED) is 0.835. The molecule has 2 aromatic heterocycles. The highest BCUT2D eigenvalue weighted by molar-refractivity contribution is 5.99. The van der Waals surface area contributed by atoms with E-state index in [0.717, 1.165) is 31.5 Å². The second kappa shape index (κ2) is 5.82. The predicted octanol–water partition coefficient (Wildman–Crippen LogP) is 3.34. The topological polar surface area (TPSA) is 78.9 Å². The Morgan fingerprint density at radius 3 is 2.63 bits per heavy atom. The van der Waals surface area contributed by atoms with Gasteiger partial charge in [0.25, 0.3) is 0 Å². The van der Waals surface area contributed by atoms with E-state index in [4.69, 9.17) is 5.11 Å². The summed E-state index contributed by atoms with van der Waals surface area (Å²) in [4.78, 5) is 22.9. The van der Waals surface area contributed by atoms with E-state index in [1.54, 1.807) is 0 Å². The number of rotatable bonds is 6. The van der Waals surface area contributed by atoms with Gasteiger partial charge in [0.1, 0.15) is 5.82 Å². The summed E-state index contributed by atoms with van der Waals surface area (Å²) in [6, 6.07) is 1.50. The number of H-pyrrole nitrogens is 1. The number of carboxylic acids is 1. The molecule has 0 aliphatic rings. The lowest BCUT2D eigenvalue weighted by Crippen LogP contribution is -2.01. The zero-order valence-electron chi connectivity index (χ0n) is 11.3. The fourth-order valence-corrected chi connectivity index (χ4v) is 2.42. The zero-order valence-corrected chi connectivity index (χ0v) is 11.3. The third-order valence-electron chi connectivity index (χ3n) is 3.30. The number of nitrogens with one attached hydrogen (secondary N) is 1. The largest absolute Gasteiger partial charge is 0.478 e. The van der Waals surface area contributed by atoms with Gasteiger partial charge < -0.3 is 10.1 Å². The number of pyridine rings is 1. The molecule has 5 nitrogen and oxygen atoms in total. The van der Waals surface area contributed by atoms with Gasteiger partial charge in [0.15, 0.2) is 5.65 Å². The van der Waals surface area contributed by atoms with E-state index in [1.165, 1.54) is 12.3 Å². The van der Waals surface area contributed by atoms with Crippen LogP contribution in [-0.4, -0.2) is 26.0 Å². The molecule has 2 aromatic rings. The lowest BCUT2D eigenvalue weighted by atomic mass is 9.98. The number of carboxylic acid groups (broad SMARTS) is 1. The van der Waals surface area contributed by atoms with E-state index in [-0.39, 0.29) is 5.56 Å². The molecule has 0 aliphatic heterocycles. The third kappa shape index (κ3) is 2.75. The van der Waals surface area contributed by atoms with Gasteiger partial charge in [-0.1, -0.05) is 26.7 Å².